The molecular formula is C14H15F2N3O. The van der Waals surface area contributed by atoms with E-state index in [1.54, 1.807) is 20.8 Å². The number of benzene rings is 1. The highest BCUT2D eigenvalue weighted by molar-refractivity contribution is 5.35. The van der Waals surface area contributed by atoms with E-state index in [9.17, 15) is 13.6 Å². The molecule has 0 saturated heterocycles. The van der Waals surface area contributed by atoms with Crippen molar-refractivity contribution in [2.24, 2.45) is 5.73 Å². The van der Waals surface area contributed by atoms with Crippen LogP contribution in [0.2, 0.25) is 0 Å². The van der Waals surface area contributed by atoms with Gasteiger partial charge in [0.1, 0.15) is 23.0 Å². The first-order chi connectivity index (χ1) is 9.20. The van der Waals surface area contributed by atoms with Crippen LogP contribution in [0.25, 0.3) is 5.69 Å². The SMILES string of the molecule is Cc1cc(=O)c(C(C)(C)N)nn1-c1cc(F)ccc1F. The molecule has 0 atom stereocenters. The van der Waals surface area contributed by atoms with Crippen molar-refractivity contribution in [3.63, 3.8) is 0 Å². The Labute approximate surface area is 114 Å². The van der Waals surface area contributed by atoms with Gasteiger partial charge in [0, 0.05) is 17.8 Å². The Morgan fingerprint density at radius 1 is 1.25 bits per heavy atom. The Kier molecular flexibility index (Phi) is 3.43. The quantitative estimate of drug-likeness (QED) is 0.914. The van der Waals surface area contributed by atoms with E-state index in [4.69, 9.17) is 5.73 Å². The Balaban J connectivity index is 2.75. The van der Waals surface area contributed by atoms with Gasteiger partial charge in [-0.25, -0.2) is 13.5 Å². The number of aromatic nitrogens is 2. The summed E-state index contributed by atoms with van der Waals surface area (Å²) in [5.74, 6) is -1.22. The average Bonchev–Trinajstić information content (AvgIpc) is 2.31. The van der Waals surface area contributed by atoms with Gasteiger partial charge < -0.3 is 5.73 Å². The zero-order valence-corrected chi connectivity index (χ0v) is 11.4. The molecule has 0 spiro atoms. The average molecular weight is 279 g/mol. The van der Waals surface area contributed by atoms with Gasteiger partial charge in [-0.15, -0.1) is 0 Å². The van der Waals surface area contributed by atoms with Crippen LogP contribution in [0, 0.1) is 18.6 Å². The lowest BCUT2D eigenvalue weighted by Gasteiger charge is -2.19. The number of aryl methyl sites for hydroxylation is 1. The Morgan fingerprint density at radius 2 is 1.90 bits per heavy atom. The maximum Gasteiger partial charge on any atom is 0.205 e. The summed E-state index contributed by atoms with van der Waals surface area (Å²) in [5.41, 5.74) is 5.00. The summed E-state index contributed by atoms with van der Waals surface area (Å²) in [6, 6.07) is 4.36. The fourth-order valence-corrected chi connectivity index (χ4v) is 1.89. The van der Waals surface area contributed by atoms with Crippen molar-refractivity contribution in [3.05, 3.63) is 57.5 Å². The van der Waals surface area contributed by atoms with Crippen LogP contribution in [-0.2, 0) is 5.54 Å². The van der Waals surface area contributed by atoms with E-state index in [2.05, 4.69) is 5.10 Å². The fraction of sp³-hybridized carbons (Fsp3) is 0.286. The fourth-order valence-electron chi connectivity index (χ4n) is 1.89. The predicted molar refractivity (Wildman–Crippen MR) is 71.7 cm³/mol. The van der Waals surface area contributed by atoms with E-state index in [0.717, 1.165) is 18.2 Å². The first kappa shape index (κ1) is 14.3. The summed E-state index contributed by atoms with van der Waals surface area (Å²) in [4.78, 5) is 11.9. The smallest absolute Gasteiger partial charge is 0.205 e. The Bertz CT molecular complexity index is 717. The second-order valence-corrected chi connectivity index (χ2v) is 5.23. The van der Waals surface area contributed by atoms with Crippen molar-refractivity contribution in [2.45, 2.75) is 26.3 Å². The lowest BCUT2D eigenvalue weighted by Crippen LogP contribution is -2.37. The molecule has 6 heteroatoms. The van der Waals surface area contributed by atoms with Gasteiger partial charge in [0.2, 0.25) is 5.43 Å². The van der Waals surface area contributed by atoms with Gasteiger partial charge in [-0.3, -0.25) is 4.79 Å². The third kappa shape index (κ3) is 2.60. The number of halogens is 2. The van der Waals surface area contributed by atoms with E-state index in [0.29, 0.717) is 5.69 Å². The van der Waals surface area contributed by atoms with Gasteiger partial charge >= 0.3 is 0 Å². The molecule has 0 radical (unpaired) electrons. The van der Waals surface area contributed by atoms with Crippen molar-refractivity contribution < 1.29 is 8.78 Å². The van der Waals surface area contributed by atoms with Gasteiger partial charge in [-0.2, -0.15) is 5.10 Å². The van der Waals surface area contributed by atoms with E-state index in [1.165, 1.54) is 10.7 Å². The molecule has 106 valence electrons. The summed E-state index contributed by atoms with van der Waals surface area (Å²) in [6.07, 6.45) is 0. The van der Waals surface area contributed by atoms with Crippen LogP contribution in [0.5, 0.6) is 0 Å². The molecule has 20 heavy (non-hydrogen) atoms. The lowest BCUT2D eigenvalue weighted by atomic mass is 10.0. The van der Waals surface area contributed by atoms with Gasteiger partial charge in [-0.05, 0) is 32.9 Å². The van der Waals surface area contributed by atoms with Crippen molar-refractivity contribution in [1.82, 2.24) is 9.78 Å². The number of hydrogen-bond donors (Lipinski definition) is 1. The highest BCUT2D eigenvalue weighted by Gasteiger charge is 2.22. The monoisotopic (exact) mass is 279 g/mol. The van der Waals surface area contributed by atoms with Gasteiger partial charge in [0.25, 0.3) is 0 Å². The molecule has 0 saturated carbocycles. The zero-order chi connectivity index (χ0) is 15.1. The summed E-state index contributed by atoms with van der Waals surface area (Å²) >= 11 is 0. The Hall–Kier alpha value is -2.08. The van der Waals surface area contributed by atoms with E-state index in [1.807, 2.05) is 0 Å². The van der Waals surface area contributed by atoms with Crippen molar-refractivity contribution >= 4 is 0 Å². The number of rotatable bonds is 2. The van der Waals surface area contributed by atoms with Crippen LogP contribution in [0.1, 0.15) is 25.2 Å². The van der Waals surface area contributed by atoms with Crippen LogP contribution >= 0.6 is 0 Å². The minimum absolute atomic E-state index is 0.0620. The molecule has 0 bridgehead atoms. The molecule has 1 aromatic carbocycles. The summed E-state index contributed by atoms with van der Waals surface area (Å²) < 4.78 is 28.3. The molecule has 1 aromatic heterocycles. The van der Waals surface area contributed by atoms with Crippen LogP contribution < -0.4 is 11.2 Å². The lowest BCUT2D eigenvalue weighted by molar-refractivity contribution is 0.505. The van der Waals surface area contributed by atoms with Crippen LogP contribution in [0.15, 0.2) is 29.1 Å². The summed E-state index contributed by atoms with van der Waals surface area (Å²) in [5, 5.41) is 4.09. The molecule has 0 aliphatic heterocycles. The minimum atomic E-state index is -0.976. The second kappa shape index (κ2) is 4.79. The van der Waals surface area contributed by atoms with Crippen LogP contribution in [0.3, 0.4) is 0 Å². The zero-order valence-electron chi connectivity index (χ0n) is 11.4. The van der Waals surface area contributed by atoms with E-state index < -0.39 is 17.2 Å². The van der Waals surface area contributed by atoms with E-state index >= 15 is 0 Å². The largest absolute Gasteiger partial charge is 0.320 e. The molecule has 0 fully saturated rings. The summed E-state index contributed by atoms with van der Waals surface area (Å²) in [7, 11) is 0. The van der Waals surface area contributed by atoms with Crippen molar-refractivity contribution in [1.29, 1.82) is 0 Å². The van der Waals surface area contributed by atoms with Crippen LogP contribution in [-0.4, -0.2) is 9.78 Å². The molecule has 0 aliphatic rings. The maximum absolute atomic E-state index is 13.8. The molecular weight excluding hydrogens is 264 g/mol. The van der Waals surface area contributed by atoms with Crippen molar-refractivity contribution in [3.8, 4) is 5.69 Å². The first-order valence-corrected chi connectivity index (χ1v) is 6.06. The van der Waals surface area contributed by atoms with Crippen molar-refractivity contribution in [2.75, 3.05) is 0 Å². The minimum Gasteiger partial charge on any atom is -0.320 e. The number of hydrogen-bond acceptors (Lipinski definition) is 3. The highest BCUT2D eigenvalue weighted by Crippen LogP contribution is 2.17. The molecule has 1 heterocycles. The van der Waals surface area contributed by atoms with E-state index in [-0.39, 0.29) is 16.8 Å². The molecule has 4 nitrogen and oxygen atoms in total. The molecule has 2 rings (SSSR count). The Morgan fingerprint density at radius 3 is 2.50 bits per heavy atom. The maximum atomic E-state index is 13.8. The van der Waals surface area contributed by atoms with Crippen LogP contribution in [0.4, 0.5) is 8.78 Å². The van der Waals surface area contributed by atoms with Gasteiger partial charge in [-0.1, -0.05) is 0 Å². The molecule has 2 N–H and O–H groups in total. The normalized spacial score (nSPS) is 11.7. The van der Waals surface area contributed by atoms with Gasteiger partial charge in [0.15, 0.2) is 0 Å². The first-order valence-electron chi connectivity index (χ1n) is 6.06. The molecule has 2 aromatic rings. The molecule has 0 amide bonds. The molecule has 0 aliphatic carbocycles. The second-order valence-electron chi connectivity index (χ2n) is 5.23. The topological polar surface area (TPSA) is 60.9 Å². The predicted octanol–water partition coefficient (Wildman–Crippen LogP) is 2.01. The summed E-state index contributed by atoms with van der Waals surface area (Å²) in [6.45, 7) is 4.84. The molecule has 0 unspecified atom stereocenters. The van der Waals surface area contributed by atoms with Gasteiger partial charge in [0.05, 0.1) is 5.54 Å². The standard InChI is InChI=1S/C14H15F2N3O/c1-8-6-12(20)13(14(2,3)17)18-19(8)11-7-9(15)4-5-10(11)16/h4-7H,17H2,1-3H3. The number of nitrogens with zero attached hydrogens (tertiary/aromatic N) is 2. The highest BCUT2D eigenvalue weighted by atomic mass is 19.1. The number of nitrogens with two attached hydrogens (primary N) is 1. The third-order valence-electron chi connectivity index (χ3n) is 2.85. The third-order valence-corrected chi connectivity index (χ3v) is 2.85.